The van der Waals surface area contributed by atoms with Crippen LogP contribution in [0.1, 0.15) is 51.3 Å². The highest BCUT2D eigenvalue weighted by Gasteiger charge is 2.35. The van der Waals surface area contributed by atoms with Crippen molar-refractivity contribution < 1.29 is 13.2 Å². The first-order valence-corrected chi connectivity index (χ1v) is 6.89. The zero-order chi connectivity index (χ0) is 15.0. The molecule has 0 aromatic carbocycles. The second-order valence-electron chi connectivity index (χ2n) is 4.69. The molecule has 0 saturated heterocycles. The standard InChI is InChI=1S/C13H21F3N4/c1-2-3-4-5-6-7-8-18-11-9-10(17)19-12(20-11)13(14,15)16/h9H,2-8H2,1H3,(H3,17,18,19,20). The Bertz CT molecular complexity index is 407. The van der Waals surface area contributed by atoms with E-state index in [0.29, 0.717) is 6.54 Å². The summed E-state index contributed by atoms with van der Waals surface area (Å²) in [5.74, 6) is -1.26. The largest absolute Gasteiger partial charge is 0.451 e. The summed E-state index contributed by atoms with van der Waals surface area (Å²) in [6.45, 7) is 2.74. The number of rotatable bonds is 8. The SMILES string of the molecule is CCCCCCCCNc1cc(N)nc(C(F)(F)F)n1. The van der Waals surface area contributed by atoms with Gasteiger partial charge in [-0.05, 0) is 6.42 Å². The average Bonchev–Trinajstić information content (AvgIpc) is 2.36. The molecule has 1 aromatic heterocycles. The highest BCUT2D eigenvalue weighted by atomic mass is 19.4. The fourth-order valence-electron chi connectivity index (χ4n) is 1.81. The molecule has 0 saturated carbocycles. The Morgan fingerprint density at radius 3 is 2.40 bits per heavy atom. The van der Waals surface area contributed by atoms with E-state index in [-0.39, 0.29) is 11.6 Å². The van der Waals surface area contributed by atoms with Crippen molar-refractivity contribution >= 4 is 11.6 Å². The second kappa shape index (κ2) is 7.91. The van der Waals surface area contributed by atoms with Gasteiger partial charge >= 0.3 is 6.18 Å². The Labute approximate surface area is 117 Å². The summed E-state index contributed by atoms with van der Waals surface area (Å²) in [4.78, 5) is 6.61. The molecule has 4 nitrogen and oxygen atoms in total. The maximum Gasteiger partial charge on any atom is 0.451 e. The minimum absolute atomic E-state index is 0.124. The van der Waals surface area contributed by atoms with Crippen molar-refractivity contribution in [1.82, 2.24) is 9.97 Å². The van der Waals surface area contributed by atoms with Crippen LogP contribution in [-0.2, 0) is 6.18 Å². The molecule has 20 heavy (non-hydrogen) atoms. The number of nitrogen functional groups attached to an aromatic ring is 1. The summed E-state index contributed by atoms with van der Waals surface area (Å²) in [6.07, 6.45) is 2.15. The van der Waals surface area contributed by atoms with Crippen molar-refractivity contribution in [2.24, 2.45) is 0 Å². The van der Waals surface area contributed by atoms with Crippen LogP contribution in [0.3, 0.4) is 0 Å². The molecule has 0 radical (unpaired) electrons. The molecule has 1 rings (SSSR count). The molecule has 0 aliphatic carbocycles. The molecule has 114 valence electrons. The number of aromatic nitrogens is 2. The first kappa shape index (κ1) is 16.5. The maximum atomic E-state index is 12.5. The fraction of sp³-hybridized carbons (Fsp3) is 0.692. The van der Waals surface area contributed by atoms with E-state index in [9.17, 15) is 13.2 Å². The van der Waals surface area contributed by atoms with Crippen molar-refractivity contribution in [2.75, 3.05) is 17.6 Å². The van der Waals surface area contributed by atoms with Crippen LogP contribution in [0.5, 0.6) is 0 Å². The predicted octanol–water partition coefficient (Wildman–Crippen LogP) is 3.85. The Morgan fingerprint density at radius 2 is 1.75 bits per heavy atom. The van der Waals surface area contributed by atoms with Crippen molar-refractivity contribution in [3.05, 3.63) is 11.9 Å². The molecule has 0 aliphatic rings. The number of alkyl halides is 3. The molecule has 0 atom stereocenters. The van der Waals surface area contributed by atoms with E-state index in [2.05, 4.69) is 22.2 Å². The third-order valence-corrected chi connectivity index (χ3v) is 2.84. The molecule has 7 heteroatoms. The molecule has 1 heterocycles. The Hall–Kier alpha value is -1.53. The summed E-state index contributed by atoms with van der Waals surface area (Å²) in [6, 6.07) is 1.31. The number of nitrogens with one attached hydrogen (secondary N) is 1. The van der Waals surface area contributed by atoms with Gasteiger partial charge in [0.05, 0.1) is 0 Å². The summed E-state index contributed by atoms with van der Waals surface area (Å²) in [5.41, 5.74) is 5.35. The monoisotopic (exact) mass is 290 g/mol. The zero-order valence-electron chi connectivity index (χ0n) is 11.6. The summed E-state index contributed by atoms with van der Waals surface area (Å²) >= 11 is 0. The minimum Gasteiger partial charge on any atom is -0.384 e. The van der Waals surface area contributed by atoms with Gasteiger partial charge in [0.15, 0.2) is 0 Å². The zero-order valence-corrected chi connectivity index (χ0v) is 11.6. The van der Waals surface area contributed by atoms with Crippen LogP contribution < -0.4 is 11.1 Å². The third-order valence-electron chi connectivity index (χ3n) is 2.84. The van der Waals surface area contributed by atoms with Gasteiger partial charge in [0.25, 0.3) is 0 Å². The Kier molecular flexibility index (Phi) is 6.54. The highest BCUT2D eigenvalue weighted by molar-refractivity contribution is 5.44. The molecule has 0 unspecified atom stereocenters. The van der Waals surface area contributed by atoms with Crippen LogP contribution in [0, 0.1) is 0 Å². The van der Waals surface area contributed by atoms with E-state index in [1.165, 1.54) is 25.3 Å². The van der Waals surface area contributed by atoms with Crippen molar-refractivity contribution in [1.29, 1.82) is 0 Å². The molecule has 0 fully saturated rings. The van der Waals surface area contributed by atoms with Gasteiger partial charge in [-0.1, -0.05) is 39.0 Å². The third kappa shape index (κ3) is 6.08. The van der Waals surface area contributed by atoms with Gasteiger partial charge in [-0.2, -0.15) is 13.2 Å². The first-order valence-electron chi connectivity index (χ1n) is 6.89. The summed E-state index contributed by atoms with van der Waals surface area (Å²) < 4.78 is 37.5. The van der Waals surface area contributed by atoms with Crippen LogP contribution in [0.25, 0.3) is 0 Å². The van der Waals surface area contributed by atoms with Gasteiger partial charge in [0.2, 0.25) is 5.82 Å². The number of hydrogen-bond donors (Lipinski definition) is 2. The minimum atomic E-state index is -4.58. The van der Waals surface area contributed by atoms with E-state index >= 15 is 0 Å². The normalized spacial score (nSPS) is 11.6. The number of unbranched alkanes of at least 4 members (excludes halogenated alkanes) is 5. The van der Waals surface area contributed by atoms with Crippen LogP contribution in [0.2, 0.25) is 0 Å². The molecular formula is C13H21F3N4. The molecule has 0 bridgehead atoms. The average molecular weight is 290 g/mol. The van der Waals surface area contributed by atoms with Crippen LogP contribution in [0.4, 0.5) is 24.8 Å². The molecular weight excluding hydrogens is 269 g/mol. The van der Waals surface area contributed by atoms with Gasteiger partial charge in [-0.3, -0.25) is 0 Å². The second-order valence-corrected chi connectivity index (χ2v) is 4.69. The van der Waals surface area contributed by atoms with Gasteiger partial charge in [-0.15, -0.1) is 0 Å². The summed E-state index contributed by atoms with van der Waals surface area (Å²) in [7, 11) is 0. The van der Waals surface area contributed by atoms with E-state index in [1.807, 2.05) is 0 Å². The topological polar surface area (TPSA) is 63.8 Å². The van der Waals surface area contributed by atoms with Gasteiger partial charge < -0.3 is 11.1 Å². The molecule has 0 spiro atoms. The van der Waals surface area contributed by atoms with Crippen molar-refractivity contribution in [3.8, 4) is 0 Å². The Balaban J connectivity index is 2.39. The molecule has 3 N–H and O–H groups in total. The van der Waals surface area contributed by atoms with Crippen molar-refractivity contribution in [2.45, 2.75) is 51.6 Å². The van der Waals surface area contributed by atoms with E-state index in [1.54, 1.807) is 0 Å². The summed E-state index contributed by atoms with van der Waals surface area (Å²) in [5, 5.41) is 2.86. The predicted molar refractivity (Wildman–Crippen MR) is 73.3 cm³/mol. The lowest BCUT2D eigenvalue weighted by atomic mass is 10.1. The molecule has 1 aromatic rings. The van der Waals surface area contributed by atoms with Crippen LogP contribution in [0.15, 0.2) is 6.07 Å². The lowest BCUT2D eigenvalue weighted by molar-refractivity contribution is -0.144. The van der Waals surface area contributed by atoms with Crippen LogP contribution >= 0.6 is 0 Å². The van der Waals surface area contributed by atoms with Crippen molar-refractivity contribution in [3.63, 3.8) is 0 Å². The number of nitrogens with zero attached hydrogens (tertiary/aromatic N) is 2. The van der Waals surface area contributed by atoms with Gasteiger partial charge in [-0.25, -0.2) is 9.97 Å². The highest BCUT2D eigenvalue weighted by Crippen LogP contribution is 2.27. The lowest BCUT2D eigenvalue weighted by Gasteiger charge is -2.10. The van der Waals surface area contributed by atoms with Gasteiger partial charge in [0.1, 0.15) is 11.6 Å². The lowest BCUT2D eigenvalue weighted by Crippen LogP contribution is -2.15. The van der Waals surface area contributed by atoms with Gasteiger partial charge in [0, 0.05) is 12.6 Å². The fourth-order valence-corrected chi connectivity index (χ4v) is 1.81. The number of halogens is 3. The molecule has 0 aliphatic heterocycles. The Morgan fingerprint density at radius 1 is 1.10 bits per heavy atom. The number of hydrogen-bond acceptors (Lipinski definition) is 4. The van der Waals surface area contributed by atoms with E-state index in [4.69, 9.17) is 5.73 Å². The van der Waals surface area contributed by atoms with E-state index < -0.39 is 12.0 Å². The smallest absolute Gasteiger partial charge is 0.384 e. The maximum absolute atomic E-state index is 12.5. The van der Waals surface area contributed by atoms with Crippen LogP contribution in [-0.4, -0.2) is 16.5 Å². The van der Waals surface area contributed by atoms with E-state index in [0.717, 1.165) is 19.3 Å². The number of anilines is 2. The quantitative estimate of drug-likeness (QED) is 0.714. The molecule has 0 amide bonds. The first-order chi connectivity index (χ1) is 9.43. The number of nitrogens with two attached hydrogens (primary N) is 1.